The first kappa shape index (κ1) is 17.6. The fourth-order valence-corrected chi connectivity index (χ4v) is 2.12. The molecule has 0 atom stereocenters. The summed E-state index contributed by atoms with van der Waals surface area (Å²) in [5.41, 5.74) is 1.70. The summed E-state index contributed by atoms with van der Waals surface area (Å²) in [6.07, 6.45) is 3.26. The second kappa shape index (κ2) is 7.21. The highest BCUT2D eigenvalue weighted by Crippen LogP contribution is 2.18. The maximum absolute atomic E-state index is 11.5. The first-order valence-corrected chi connectivity index (χ1v) is 7.63. The number of fused-ring (bicyclic) bond motifs is 1. The number of ether oxygens (including phenoxy) is 2. The van der Waals surface area contributed by atoms with Gasteiger partial charge in [0.2, 0.25) is 0 Å². The zero-order chi connectivity index (χ0) is 17.7. The molecule has 24 heavy (non-hydrogen) atoms. The van der Waals surface area contributed by atoms with Crippen LogP contribution in [0, 0.1) is 0 Å². The number of amides is 1. The molecule has 2 N–H and O–H groups in total. The van der Waals surface area contributed by atoms with Crippen molar-refractivity contribution in [2.75, 3.05) is 13.7 Å². The van der Waals surface area contributed by atoms with Crippen LogP contribution in [0.25, 0.3) is 17.0 Å². The smallest absolute Gasteiger partial charge is 0.407 e. The lowest BCUT2D eigenvalue weighted by Gasteiger charge is -2.19. The van der Waals surface area contributed by atoms with Crippen LogP contribution in [0.5, 0.6) is 0 Å². The van der Waals surface area contributed by atoms with E-state index in [2.05, 4.69) is 10.3 Å². The summed E-state index contributed by atoms with van der Waals surface area (Å²) >= 11 is 0. The second-order valence-corrected chi connectivity index (χ2v) is 6.31. The lowest BCUT2D eigenvalue weighted by atomic mass is 10.1. The van der Waals surface area contributed by atoms with Gasteiger partial charge < -0.3 is 19.8 Å². The van der Waals surface area contributed by atoms with E-state index in [1.165, 1.54) is 7.11 Å². The van der Waals surface area contributed by atoms with E-state index in [0.29, 0.717) is 12.2 Å². The Bertz CT molecular complexity index is 769. The highest BCUT2D eigenvalue weighted by molar-refractivity contribution is 5.95. The number of nitrogens with one attached hydrogen (secondary N) is 2. The first-order chi connectivity index (χ1) is 11.3. The molecule has 0 saturated heterocycles. The number of carbonyl (C=O) groups is 2. The Hall–Kier alpha value is -2.76. The number of H-pyrrole nitrogens is 1. The Morgan fingerprint density at radius 2 is 2.00 bits per heavy atom. The van der Waals surface area contributed by atoms with Gasteiger partial charge in [0.25, 0.3) is 0 Å². The number of carbonyl (C=O) groups excluding carboxylic acids is 2. The van der Waals surface area contributed by atoms with Crippen molar-refractivity contribution < 1.29 is 19.1 Å². The van der Waals surface area contributed by atoms with Gasteiger partial charge in [-0.2, -0.15) is 0 Å². The van der Waals surface area contributed by atoms with Crippen LogP contribution in [0.3, 0.4) is 0 Å². The molecule has 0 radical (unpaired) electrons. The molecule has 0 aliphatic carbocycles. The summed E-state index contributed by atoms with van der Waals surface area (Å²) < 4.78 is 9.85. The van der Waals surface area contributed by atoms with E-state index in [-0.39, 0.29) is 0 Å². The molecule has 0 saturated carbocycles. The molecular weight excluding hydrogens is 308 g/mol. The molecule has 1 aromatic heterocycles. The number of hydrogen-bond donors (Lipinski definition) is 2. The van der Waals surface area contributed by atoms with Gasteiger partial charge in [0.15, 0.2) is 0 Å². The average Bonchev–Trinajstić information content (AvgIpc) is 2.92. The van der Waals surface area contributed by atoms with Crippen molar-refractivity contribution in [2.45, 2.75) is 26.4 Å². The summed E-state index contributed by atoms with van der Waals surface area (Å²) in [4.78, 5) is 26.1. The molecule has 0 aliphatic heterocycles. The van der Waals surface area contributed by atoms with Gasteiger partial charge in [-0.25, -0.2) is 9.59 Å². The molecule has 2 rings (SSSR count). The van der Waals surface area contributed by atoms with Crippen LogP contribution in [0.2, 0.25) is 0 Å². The summed E-state index contributed by atoms with van der Waals surface area (Å²) in [5.74, 6) is -0.398. The molecule has 128 valence electrons. The van der Waals surface area contributed by atoms with Crippen LogP contribution in [0.15, 0.2) is 30.3 Å². The number of methoxy groups -OCH3 is 1. The van der Waals surface area contributed by atoms with E-state index in [1.807, 2.05) is 51.1 Å². The summed E-state index contributed by atoms with van der Waals surface area (Å²) in [7, 11) is 1.35. The van der Waals surface area contributed by atoms with Gasteiger partial charge in [-0.05, 0) is 38.5 Å². The minimum absolute atomic E-state index is 0.366. The molecule has 0 spiro atoms. The van der Waals surface area contributed by atoms with E-state index in [9.17, 15) is 9.59 Å². The normalized spacial score (nSPS) is 11.7. The van der Waals surface area contributed by atoms with Gasteiger partial charge in [-0.15, -0.1) is 0 Å². The van der Waals surface area contributed by atoms with Crippen molar-refractivity contribution in [3.63, 3.8) is 0 Å². The minimum atomic E-state index is -0.510. The lowest BCUT2D eigenvalue weighted by Crippen LogP contribution is -2.32. The molecule has 0 bridgehead atoms. The summed E-state index contributed by atoms with van der Waals surface area (Å²) in [6, 6.07) is 7.52. The van der Waals surface area contributed by atoms with Crippen LogP contribution in [0.4, 0.5) is 4.79 Å². The molecule has 0 fully saturated rings. The molecular formula is C18H22N2O4. The Morgan fingerprint density at radius 3 is 2.67 bits per heavy atom. The Morgan fingerprint density at radius 1 is 1.25 bits per heavy atom. The van der Waals surface area contributed by atoms with Crippen LogP contribution >= 0.6 is 0 Å². The topological polar surface area (TPSA) is 80.4 Å². The van der Waals surface area contributed by atoms with Crippen LogP contribution in [-0.2, 0) is 9.47 Å². The van der Waals surface area contributed by atoms with Crippen LogP contribution in [-0.4, -0.2) is 36.3 Å². The van der Waals surface area contributed by atoms with Gasteiger partial charge in [0, 0.05) is 17.4 Å². The summed E-state index contributed by atoms with van der Waals surface area (Å²) in [6.45, 7) is 5.81. The van der Waals surface area contributed by atoms with Gasteiger partial charge in [0.1, 0.15) is 11.3 Å². The molecule has 1 amide bonds. The standard InChI is InChI=1S/C18H22N2O4/c1-18(2,3)24-17(22)19-9-5-6-12-7-8-13-11-15(16(21)23-4)20-14(13)10-12/h5-8,10-11,20H,9H2,1-4H3,(H,19,22). The molecule has 1 heterocycles. The van der Waals surface area contributed by atoms with Crippen molar-refractivity contribution >= 4 is 29.0 Å². The monoisotopic (exact) mass is 330 g/mol. The van der Waals surface area contributed by atoms with Crippen molar-refractivity contribution in [3.8, 4) is 0 Å². The van der Waals surface area contributed by atoms with Crippen molar-refractivity contribution in [3.05, 3.63) is 41.6 Å². The van der Waals surface area contributed by atoms with E-state index in [0.717, 1.165) is 16.5 Å². The molecule has 6 nitrogen and oxygen atoms in total. The largest absolute Gasteiger partial charge is 0.464 e. The third-order valence-electron chi connectivity index (χ3n) is 3.13. The van der Waals surface area contributed by atoms with Crippen molar-refractivity contribution in [1.29, 1.82) is 0 Å². The zero-order valence-corrected chi connectivity index (χ0v) is 14.3. The van der Waals surface area contributed by atoms with Gasteiger partial charge >= 0.3 is 12.1 Å². The zero-order valence-electron chi connectivity index (χ0n) is 14.3. The maximum Gasteiger partial charge on any atom is 0.407 e. The predicted octanol–water partition coefficient (Wildman–Crippen LogP) is 3.49. The molecule has 2 aromatic rings. The SMILES string of the molecule is COC(=O)c1cc2ccc(C=CCNC(=O)OC(C)(C)C)cc2[nH]1. The quantitative estimate of drug-likeness (QED) is 0.841. The van der Waals surface area contributed by atoms with Crippen LogP contribution in [0.1, 0.15) is 36.8 Å². The van der Waals surface area contributed by atoms with Gasteiger partial charge in [-0.1, -0.05) is 24.3 Å². The third-order valence-corrected chi connectivity index (χ3v) is 3.13. The fraction of sp³-hybridized carbons (Fsp3) is 0.333. The minimum Gasteiger partial charge on any atom is -0.464 e. The van der Waals surface area contributed by atoms with Crippen molar-refractivity contribution in [2.24, 2.45) is 0 Å². The fourth-order valence-electron chi connectivity index (χ4n) is 2.12. The number of alkyl carbamates (subject to hydrolysis) is 1. The predicted molar refractivity (Wildman–Crippen MR) is 92.9 cm³/mol. The number of rotatable bonds is 4. The Kier molecular flexibility index (Phi) is 5.28. The number of benzene rings is 1. The number of esters is 1. The average molecular weight is 330 g/mol. The van der Waals surface area contributed by atoms with Crippen molar-refractivity contribution in [1.82, 2.24) is 10.3 Å². The van der Waals surface area contributed by atoms with Gasteiger partial charge in [-0.3, -0.25) is 0 Å². The number of aromatic amines is 1. The second-order valence-electron chi connectivity index (χ2n) is 6.31. The summed E-state index contributed by atoms with van der Waals surface area (Å²) in [5, 5.41) is 3.59. The highest BCUT2D eigenvalue weighted by Gasteiger charge is 2.15. The van der Waals surface area contributed by atoms with Gasteiger partial charge in [0.05, 0.1) is 7.11 Å². The molecule has 0 aliphatic rings. The number of aromatic nitrogens is 1. The first-order valence-electron chi connectivity index (χ1n) is 7.63. The van der Waals surface area contributed by atoms with E-state index < -0.39 is 17.7 Å². The molecule has 6 heteroatoms. The van der Waals surface area contributed by atoms with E-state index >= 15 is 0 Å². The highest BCUT2D eigenvalue weighted by atomic mass is 16.6. The maximum atomic E-state index is 11.5. The lowest BCUT2D eigenvalue weighted by molar-refractivity contribution is 0.0532. The third kappa shape index (κ3) is 4.87. The van der Waals surface area contributed by atoms with E-state index in [1.54, 1.807) is 6.07 Å². The number of hydrogen-bond acceptors (Lipinski definition) is 4. The van der Waals surface area contributed by atoms with Crippen LogP contribution < -0.4 is 5.32 Å². The molecule has 1 aromatic carbocycles. The van der Waals surface area contributed by atoms with E-state index in [4.69, 9.17) is 9.47 Å². The Balaban J connectivity index is 1.97. The Labute approximate surface area is 140 Å². The molecule has 0 unspecified atom stereocenters.